The van der Waals surface area contributed by atoms with Gasteiger partial charge in [0.05, 0.1) is 20.3 Å². The zero-order valence-electron chi connectivity index (χ0n) is 11.7. The van der Waals surface area contributed by atoms with Crippen LogP contribution in [0.1, 0.15) is 15.5 Å². The minimum Gasteiger partial charge on any atom is -0.464 e. The highest BCUT2D eigenvalue weighted by Crippen LogP contribution is 2.13. The molecule has 1 aromatic rings. The van der Waals surface area contributed by atoms with E-state index in [4.69, 9.17) is 9.47 Å². The first-order valence-corrected chi connectivity index (χ1v) is 6.78. The molecular weight excluding hydrogens is 284 g/mol. The van der Waals surface area contributed by atoms with E-state index in [1.165, 1.54) is 25.6 Å². The molecule has 0 aromatic carbocycles. The Morgan fingerprint density at radius 2 is 2.05 bits per heavy atom. The topological polar surface area (TPSA) is 78.0 Å². The van der Waals surface area contributed by atoms with Crippen LogP contribution in [0.3, 0.4) is 0 Å². The molecule has 20 heavy (non-hydrogen) atoms. The van der Waals surface area contributed by atoms with Gasteiger partial charge in [-0.2, -0.15) is 0 Å². The molecule has 1 rings (SSSR count). The minimum atomic E-state index is -0.487. The zero-order valence-corrected chi connectivity index (χ0v) is 12.6. The summed E-state index contributed by atoms with van der Waals surface area (Å²) >= 11 is 1.30. The molecule has 1 aromatic heterocycles. The van der Waals surface area contributed by atoms with E-state index >= 15 is 0 Å². The third-order valence-electron chi connectivity index (χ3n) is 2.46. The minimum absolute atomic E-state index is 0.00104. The van der Waals surface area contributed by atoms with Crippen LogP contribution in [-0.2, 0) is 25.5 Å². The Kier molecular flexibility index (Phi) is 7.13. The molecule has 0 aliphatic carbocycles. The van der Waals surface area contributed by atoms with Gasteiger partial charge in [-0.1, -0.05) is 0 Å². The number of amides is 1. The molecule has 8 heteroatoms. The highest BCUT2D eigenvalue weighted by molar-refractivity contribution is 7.09. The summed E-state index contributed by atoms with van der Waals surface area (Å²) < 4.78 is 14.4. The van der Waals surface area contributed by atoms with Crippen molar-refractivity contribution in [3.63, 3.8) is 0 Å². The van der Waals surface area contributed by atoms with Crippen LogP contribution in [0.5, 0.6) is 0 Å². The molecule has 0 N–H and O–H groups in total. The van der Waals surface area contributed by atoms with Gasteiger partial charge in [0.1, 0.15) is 11.6 Å². The van der Waals surface area contributed by atoms with Crippen LogP contribution < -0.4 is 0 Å². The summed E-state index contributed by atoms with van der Waals surface area (Å²) in [6.45, 7) is 1.17. The molecule has 0 unspecified atom stereocenters. The number of carbonyl (C=O) groups excluding carboxylic acids is 2. The summed E-state index contributed by atoms with van der Waals surface area (Å²) in [6, 6.07) is 0. The summed E-state index contributed by atoms with van der Waals surface area (Å²) in [5.41, 5.74) is 0.249. The van der Waals surface area contributed by atoms with Crippen molar-refractivity contribution in [1.82, 2.24) is 9.88 Å². The Bertz CT molecular complexity index is 449. The van der Waals surface area contributed by atoms with Crippen molar-refractivity contribution in [2.45, 2.75) is 6.54 Å². The van der Waals surface area contributed by atoms with E-state index in [-0.39, 0.29) is 18.2 Å². The lowest BCUT2D eigenvalue weighted by atomic mass is 10.4. The third kappa shape index (κ3) is 4.87. The smallest absolute Gasteiger partial charge is 0.357 e. The quantitative estimate of drug-likeness (QED) is 0.653. The van der Waals surface area contributed by atoms with Gasteiger partial charge in [-0.15, -0.1) is 11.3 Å². The summed E-state index contributed by atoms with van der Waals surface area (Å²) in [4.78, 5) is 28.9. The summed E-state index contributed by atoms with van der Waals surface area (Å²) in [5.74, 6) is -0.640. The summed E-state index contributed by atoms with van der Waals surface area (Å²) in [6.07, 6.45) is 0. The number of ether oxygens (including phenoxy) is 3. The maximum Gasteiger partial charge on any atom is 0.357 e. The number of hydrogen-bond acceptors (Lipinski definition) is 7. The second kappa shape index (κ2) is 8.62. The first-order chi connectivity index (χ1) is 9.62. The van der Waals surface area contributed by atoms with Crippen molar-refractivity contribution in [2.24, 2.45) is 0 Å². The third-order valence-corrected chi connectivity index (χ3v) is 3.29. The van der Waals surface area contributed by atoms with E-state index in [1.54, 1.807) is 17.4 Å². The van der Waals surface area contributed by atoms with Gasteiger partial charge in [-0.3, -0.25) is 4.79 Å². The normalized spacial score (nSPS) is 10.3. The van der Waals surface area contributed by atoms with Gasteiger partial charge in [0.25, 0.3) is 0 Å². The van der Waals surface area contributed by atoms with Crippen LogP contribution in [0.25, 0.3) is 0 Å². The Morgan fingerprint density at radius 3 is 2.65 bits per heavy atom. The lowest BCUT2D eigenvalue weighted by Crippen LogP contribution is -2.35. The molecule has 112 valence electrons. The van der Waals surface area contributed by atoms with Gasteiger partial charge in [-0.25, -0.2) is 9.78 Å². The van der Waals surface area contributed by atoms with E-state index in [0.29, 0.717) is 24.7 Å². The monoisotopic (exact) mass is 302 g/mol. The number of rotatable bonds is 8. The lowest BCUT2D eigenvalue weighted by Gasteiger charge is -2.20. The molecule has 0 saturated carbocycles. The molecule has 0 spiro atoms. The maximum absolute atomic E-state index is 11.9. The fraction of sp³-hybridized carbons (Fsp3) is 0.583. The van der Waals surface area contributed by atoms with Crippen LogP contribution in [0, 0.1) is 0 Å². The van der Waals surface area contributed by atoms with Crippen LogP contribution in [-0.4, -0.2) is 62.8 Å². The van der Waals surface area contributed by atoms with Gasteiger partial charge >= 0.3 is 5.97 Å². The van der Waals surface area contributed by atoms with E-state index in [0.717, 1.165) is 0 Å². The molecule has 0 fully saturated rings. The molecule has 0 radical (unpaired) electrons. The summed E-state index contributed by atoms with van der Waals surface area (Å²) in [7, 11) is 4.33. The van der Waals surface area contributed by atoms with Gasteiger partial charge in [-0.05, 0) is 0 Å². The Morgan fingerprint density at radius 1 is 1.30 bits per heavy atom. The van der Waals surface area contributed by atoms with Gasteiger partial charge in [0.2, 0.25) is 5.91 Å². The first kappa shape index (κ1) is 16.5. The van der Waals surface area contributed by atoms with Crippen LogP contribution in [0.4, 0.5) is 0 Å². The first-order valence-electron chi connectivity index (χ1n) is 5.90. The van der Waals surface area contributed by atoms with Crippen molar-refractivity contribution in [2.75, 3.05) is 41.1 Å². The Labute approximate surface area is 121 Å². The van der Waals surface area contributed by atoms with Gasteiger partial charge in [0, 0.05) is 26.1 Å². The van der Waals surface area contributed by atoms with Crippen LogP contribution in [0.2, 0.25) is 0 Å². The van der Waals surface area contributed by atoms with Crippen LogP contribution >= 0.6 is 11.3 Å². The van der Waals surface area contributed by atoms with Crippen molar-refractivity contribution in [3.8, 4) is 0 Å². The van der Waals surface area contributed by atoms with Gasteiger partial charge < -0.3 is 19.1 Å². The second-order valence-corrected chi connectivity index (χ2v) is 4.80. The van der Waals surface area contributed by atoms with E-state index in [1.807, 2.05) is 0 Å². The lowest BCUT2D eigenvalue weighted by molar-refractivity contribution is -0.136. The molecule has 7 nitrogen and oxygen atoms in total. The highest BCUT2D eigenvalue weighted by atomic mass is 32.1. The fourth-order valence-corrected chi connectivity index (χ4v) is 2.23. The van der Waals surface area contributed by atoms with Crippen LogP contribution in [0.15, 0.2) is 5.38 Å². The predicted octanol–water partition coefficient (Wildman–Crippen LogP) is 0.551. The number of esters is 1. The average Bonchev–Trinajstić information content (AvgIpc) is 2.91. The van der Waals surface area contributed by atoms with E-state index < -0.39 is 5.97 Å². The Hall–Kier alpha value is -1.51. The van der Waals surface area contributed by atoms with Crippen molar-refractivity contribution >= 4 is 23.2 Å². The average molecular weight is 302 g/mol. The predicted molar refractivity (Wildman–Crippen MR) is 72.6 cm³/mol. The number of hydrogen-bond donors (Lipinski definition) is 0. The maximum atomic E-state index is 11.9. The highest BCUT2D eigenvalue weighted by Gasteiger charge is 2.17. The van der Waals surface area contributed by atoms with Crippen molar-refractivity contribution in [3.05, 3.63) is 16.1 Å². The molecule has 0 aliphatic heterocycles. The summed E-state index contributed by atoms with van der Waals surface area (Å²) in [5, 5.41) is 2.27. The SMILES string of the molecule is COCCN(Cc1nc(C(=O)OC)cs1)C(=O)COC. The van der Waals surface area contributed by atoms with Crippen molar-refractivity contribution in [1.29, 1.82) is 0 Å². The number of aromatic nitrogens is 1. The molecule has 0 aliphatic rings. The van der Waals surface area contributed by atoms with E-state index in [2.05, 4.69) is 9.72 Å². The number of thiazole rings is 1. The standard InChI is InChI=1S/C12H18N2O5S/c1-17-5-4-14(11(15)7-18-2)6-10-13-9(8-20-10)12(16)19-3/h8H,4-7H2,1-3H3. The largest absolute Gasteiger partial charge is 0.464 e. The molecule has 0 bridgehead atoms. The molecule has 0 saturated heterocycles. The number of methoxy groups -OCH3 is 3. The number of nitrogens with zero attached hydrogens (tertiary/aromatic N) is 2. The molecule has 1 amide bonds. The molecule has 0 atom stereocenters. The second-order valence-electron chi connectivity index (χ2n) is 3.86. The zero-order chi connectivity index (χ0) is 15.0. The molecule has 1 heterocycles. The van der Waals surface area contributed by atoms with Gasteiger partial charge in [0.15, 0.2) is 5.69 Å². The Balaban J connectivity index is 2.70. The van der Waals surface area contributed by atoms with Crippen molar-refractivity contribution < 1.29 is 23.8 Å². The molecular formula is C12H18N2O5S. The fourth-order valence-electron chi connectivity index (χ4n) is 1.45. The van der Waals surface area contributed by atoms with E-state index in [9.17, 15) is 9.59 Å². The number of carbonyl (C=O) groups is 2.